The zero-order valence-electron chi connectivity index (χ0n) is 15.1. The van der Waals surface area contributed by atoms with E-state index in [0.29, 0.717) is 12.3 Å². The van der Waals surface area contributed by atoms with Crippen molar-refractivity contribution in [1.82, 2.24) is 9.88 Å². The number of piperidine rings is 1. The fourth-order valence-electron chi connectivity index (χ4n) is 3.94. The van der Waals surface area contributed by atoms with Crippen LogP contribution in [0.25, 0.3) is 10.9 Å². The molecule has 1 aliphatic heterocycles. The number of H-pyrrole nitrogens is 1. The maximum absolute atomic E-state index is 12.7. The van der Waals surface area contributed by atoms with E-state index >= 15 is 0 Å². The van der Waals surface area contributed by atoms with E-state index in [1.807, 2.05) is 29.2 Å². The number of nitrogens with zero attached hydrogens (tertiary/aromatic N) is 1. The van der Waals surface area contributed by atoms with E-state index < -0.39 is 0 Å². The number of nitrogens with one attached hydrogen (secondary N) is 1. The van der Waals surface area contributed by atoms with Gasteiger partial charge in [0.1, 0.15) is 5.75 Å². The molecule has 0 spiro atoms. The Morgan fingerprint density at radius 1 is 1.15 bits per heavy atom. The Labute approximate surface area is 153 Å². The highest BCUT2D eigenvalue weighted by atomic mass is 16.5. The molecule has 134 valence electrons. The van der Waals surface area contributed by atoms with Crippen molar-refractivity contribution < 1.29 is 9.53 Å². The number of fused-ring (bicyclic) bond motifs is 1. The lowest BCUT2D eigenvalue weighted by Crippen LogP contribution is -2.38. The zero-order chi connectivity index (χ0) is 17.9. The van der Waals surface area contributed by atoms with Crippen LogP contribution < -0.4 is 4.74 Å². The van der Waals surface area contributed by atoms with Gasteiger partial charge in [-0.25, -0.2) is 0 Å². The van der Waals surface area contributed by atoms with Gasteiger partial charge in [-0.05, 0) is 48.1 Å². The number of ether oxygens (including phenoxy) is 1. The molecule has 2 heterocycles. The first-order chi connectivity index (χ1) is 12.7. The lowest BCUT2D eigenvalue weighted by atomic mass is 9.89. The fourth-order valence-corrected chi connectivity index (χ4v) is 3.94. The summed E-state index contributed by atoms with van der Waals surface area (Å²) in [6.45, 7) is 1.65. The molecule has 1 aromatic heterocycles. The second-order valence-corrected chi connectivity index (χ2v) is 6.97. The second kappa shape index (κ2) is 7.24. The summed E-state index contributed by atoms with van der Waals surface area (Å²) in [6, 6.07) is 16.2. The molecule has 0 saturated carbocycles. The van der Waals surface area contributed by atoms with Crippen LogP contribution >= 0.6 is 0 Å². The standard InChI is InChI=1S/C22H24N2O2/c1-26-18-6-4-5-16(13-18)14-22(25)24-11-9-17(10-12-24)20-15-23-21-8-3-2-7-19(20)21/h2-8,13,15,17,23H,9-12,14H2,1H3. The van der Waals surface area contributed by atoms with Crippen molar-refractivity contribution >= 4 is 16.8 Å². The van der Waals surface area contributed by atoms with Crippen molar-refractivity contribution in [2.24, 2.45) is 0 Å². The third-order valence-electron chi connectivity index (χ3n) is 5.40. The van der Waals surface area contributed by atoms with Gasteiger partial charge in [0, 0.05) is 30.2 Å². The molecule has 0 aliphatic carbocycles. The molecule has 1 N–H and O–H groups in total. The van der Waals surface area contributed by atoms with Crippen molar-refractivity contribution in [3.05, 3.63) is 65.9 Å². The molecular formula is C22H24N2O2. The van der Waals surface area contributed by atoms with Gasteiger partial charge in [0.05, 0.1) is 13.5 Å². The van der Waals surface area contributed by atoms with Gasteiger partial charge in [0.15, 0.2) is 0 Å². The summed E-state index contributed by atoms with van der Waals surface area (Å²) in [5, 5.41) is 1.31. The number of likely N-dealkylation sites (tertiary alicyclic amines) is 1. The third kappa shape index (κ3) is 3.32. The van der Waals surface area contributed by atoms with Crippen molar-refractivity contribution in [2.75, 3.05) is 20.2 Å². The Balaban J connectivity index is 1.39. The van der Waals surface area contributed by atoms with E-state index in [2.05, 4.69) is 35.4 Å². The van der Waals surface area contributed by atoms with Crippen LogP contribution in [0.2, 0.25) is 0 Å². The van der Waals surface area contributed by atoms with Crippen LogP contribution in [0.1, 0.15) is 29.9 Å². The molecular weight excluding hydrogens is 324 g/mol. The maximum Gasteiger partial charge on any atom is 0.226 e. The number of hydrogen-bond donors (Lipinski definition) is 1. The molecule has 1 amide bonds. The summed E-state index contributed by atoms with van der Waals surface area (Å²) < 4.78 is 5.24. The van der Waals surface area contributed by atoms with Gasteiger partial charge in [-0.3, -0.25) is 4.79 Å². The first kappa shape index (κ1) is 16.7. The van der Waals surface area contributed by atoms with Gasteiger partial charge in [0.2, 0.25) is 5.91 Å². The van der Waals surface area contributed by atoms with Crippen LogP contribution in [0.4, 0.5) is 0 Å². The maximum atomic E-state index is 12.7. The normalized spacial score (nSPS) is 15.3. The number of aromatic nitrogens is 1. The van der Waals surface area contributed by atoms with Crippen LogP contribution in [0, 0.1) is 0 Å². The summed E-state index contributed by atoms with van der Waals surface area (Å²) in [5.74, 6) is 1.52. The van der Waals surface area contributed by atoms with Crippen LogP contribution in [-0.2, 0) is 11.2 Å². The number of para-hydroxylation sites is 1. The molecule has 0 bridgehead atoms. The first-order valence-corrected chi connectivity index (χ1v) is 9.21. The molecule has 1 fully saturated rings. The van der Waals surface area contributed by atoms with Crippen LogP contribution in [0.3, 0.4) is 0 Å². The molecule has 4 rings (SSSR count). The Morgan fingerprint density at radius 3 is 2.77 bits per heavy atom. The van der Waals surface area contributed by atoms with Crippen molar-refractivity contribution in [3.63, 3.8) is 0 Å². The number of rotatable bonds is 4. The number of amides is 1. The van der Waals surface area contributed by atoms with E-state index in [1.54, 1.807) is 7.11 Å². The van der Waals surface area contributed by atoms with Crippen molar-refractivity contribution in [2.45, 2.75) is 25.2 Å². The molecule has 4 heteroatoms. The largest absolute Gasteiger partial charge is 0.497 e. The minimum absolute atomic E-state index is 0.204. The third-order valence-corrected chi connectivity index (χ3v) is 5.40. The predicted octanol–water partition coefficient (Wildman–Crippen LogP) is 4.13. The molecule has 0 unspecified atom stereocenters. The lowest BCUT2D eigenvalue weighted by Gasteiger charge is -2.32. The summed E-state index contributed by atoms with van der Waals surface area (Å²) in [6.07, 6.45) is 4.62. The molecule has 4 nitrogen and oxygen atoms in total. The number of hydrogen-bond acceptors (Lipinski definition) is 2. The van der Waals surface area contributed by atoms with E-state index in [-0.39, 0.29) is 5.91 Å². The fraction of sp³-hybridized carbons (Fsp3) is 0.318. The van der Waals surface area contributed by atoms with Gasteiger partial charge in [-0.15, -0.1) is 0 Å². The minimum atomic E-state index is 0.204. The van der Waals surface area contributed by atoms with E-state index in [4.69, 9.17) is 4.74 Å². The number of benzene rings is 2. The van der Waals surface area contributed by atoms with Gasteiger partial charge < -0.3 is 14.6 Å². The van der Waals surface area contributed by atoms with Crippen LogP contribution in [0.15, 0.2) is 54.7 Å². The minimum Gasteiger partial charge on any atom is -0.497 e. The molecule has 3 aromatic rings. The molecule has 0 radical (unpaired) electrons. The second-order valence-electron chi connectivity index (χ2n) is 6.97. The predicted molar refractivity (Wildman–Crippen MR) is 104 cm³/mol. The molecule has 2 aromatic carbocycles. The summed E-state index contributed by atoms with van der Waals surface area (Å²) in [4.78, 5) is 18.0. The van der Waals surface area contributed by atoms with Gasteiger partial charge in [0.25, 0.3) is 0 Å². The van der Waals surface area contributed by atoms with Gasteiger partial charge in [-0.1, -0.05) is 30.3 Å². The highest BCUT2D eigenvalue weighted by Crippen LogP contribution is 2.33. The first-order valence-electron chi connectivity index (χ1n) is 9.21. The number of carbonyl (C=O) groups excluding carboxylic acids is 1. The van der Waals surface area contributed by atoms with Crippen LogP contribution in [0.5, 0.6) is 5.75 Å². The average molecular weight is 348 g/mol. The van der Waals surface area contributed by atoms with Crippen LogP contribution in [-0.4, -0.2) is 36.0 Å². The number of carbonyl (C=O) groups is 1. The molecule has 26 heavy (non-hydrogen) atoms. The van der Waals surface area contributed by atoms with Gasteiger partial charge >= 0.3 is 0 Å². The summed E-state index contributed by atoms with van der Waals surface area (Å²) in [5.41, 5.74) is 3.59. The van der Waals surface area contributed by atoms with E-state index in [9.17, 15) is 4.79 Å². The highest BCUT2D eigenvalue weighted by molar-refractivity contribution is 5.84. The average Bonchev–Trinajstić information content (AvgIpc) is 3.12. The quantitative estimate of drug-likeness (QED) is 0.771. The SMILES string of the molecule is COc1cccc(CC(=O)N2CCC(c3c[nH]c4ccccc34)CC2)c1. The number of methoxy groups -OCH3 is 1. The monoisotopic (exact) mass is 348 g/mol. The summed E-state index contributed by atoms with van der Waals surface area (Å²) >= 11 is 0. The van der Waals surface area contributed by atoms with Gasteiger partial charge in [-0.2, -0.15) is 0 Å². The Bertz CT molecular complexity index is 907. The molecule has 1 aliphatic rings. The van der Waals surface area contributed by atoms with E-state index in [1.165, 1.54) is 16.5 Å². The Morgan fingerprint density at radius 2 is 1.96 bits per heavy atom. The highest BCUT2D eigenvalue weighted by Gasteiger charge is 2.25. The van der Waals surface area contributed by atoms with Crippen molar-refractivity contribution in [3.8, 4) is 5.75 Å². The molecule has 0 atom stereocenters. The summed E-state index contributed by atoms with van der Waals surface area (Å²) in [7, 11) is 1.65. The van der Waals surface area contributed by atoms with Crippen molar-refractivity contribution in [1.29, 1.82) is 0 Å². The van der Waals surface area contributed by atoms with E-state index in [0.717, 1.165) is 37.2 Å². The topological polar surface area (TPSA) is 45.3 Å². The zero-order valence-corrected chi connectivity index (χ0v) is 15.1. The lowest BCUT2D eigenvalue weighted by molar-refractivity contribution is -0.131. The smallest absolute Gasteiger partial charge is 0.226 e. The Hall–Kier alpha value is -2.75. The number of aromatic amines is 1. The molecule has 1 saturated heterocycles. The Kier molecular flexibility index (Phi) is 4.65.